The average molecular weight is 441 g/mol. The highest BCUT2D eigenvalue weighted by molar-refractivity contribution is 6.06. The molecule has 33 heavy (non-hydrogen) atoms. The minimum Gasteiger partial charge on any atom is -0.496 e. The van der Waals surface area contributed by atoms with E-state index in [0.717, 1.165) is 35.6 Å². The molecule has 2 fully saturated rings. The molecule has 0 unspecified atom stereocenters. The lowest BCUT2D eigenvalue weighted by Gasteiger charge is -2.12. The lowest BCUT2D eigenvalue weighted by molar-refractivity contribution is 0.102. The number of aromatic nitrogens is 5. The summed E-state index contributed by atoms with van der Waals surface area (Å²) < 4.78 is 9.53. The number of carbonyl (C=O) groups is 1. The zero-order chi connectivity index (χ0) is 22.4. The Labute approximate surface area is 191 Å². The fourth-order valence-corrected chi connectivity index (χ4v) is 4.11. The van der Waals surface area contributed by atoms with E-state index in [1.807, 2.05) is 53.2 Å². The van der Waals surface area contributed by atoms with Crippen molar-refractivity contribution in [2.24, 2.45) is 0 Å². The number of ether oxygens (including phenoxy) is 1. The lowest BCUT2D eigenvalue weighted by atomic mass is 10.1. The second kappa shape index (κ2) is 7.88. The van der Waals surface area contributed by atoms with E-state index in [1.165, 1.54) is 12.8 Å². The van der Waals surface area contributed by atoms with Gasteiger partial charge in [-0.1, -0.05) is 12.1 Å². The summed E-state index contributed by atoms with van der Waals surface area (Å²) in [4.78, 5) is 17.8. The molecule has 8 heteroatoms. The van der Waals surface area contributed by atoms with Crippen molar-refractivity contribution in [1.82, 2.24) is 24.3 Å². The largest absolute Gasteiger partial charge is 0.496 e. The maximum atomic E-state index is 13.2. The molecule has 4 aromatic rings. The summed E-state index contributed by atoms with van der Waals surface area (Å²) in [5.41, 5.74) is 4.04. The topological polar surface area (TPSA) is 86.9 Å². The molecule has 2 aliphatic carbocycles. The smallest absolute Gasteiger partial charge is 0.259 e. The molecule has 1 amide bonds. The van der Waals surface area contributed by atoms with Crippen LogP contribution in [-0.2, 0) is 0 Å². The van der Waals surface area contributed by atoms with Crippen molar-refractivity contribution in [1.29, 1.82) is 0 Å². The molecular weight excluding hydrogens is 416 g/mol. The van der Waals surface area contributed by atoms with E-state index in [9.17, 15) is 4.79 Å². The van der Waals surface area contributed by atoms with Crippen LogP contribution in [0.25, 0.3) is 17.1 Å². The van der Waals surface area contributed by atoms with Crippen LogP contribution in [0.4, 0.5) is 5.69 Å². The van der Waals surface area contributed by atoms with Crippen LogP contribution in [-0.4, -0.2) is 37.3 Å². The van der Waals surface area contributed by atoms with Crippen LogP contribution in [0.1, 0.15) is 53.7 Å². The summed E-state index contributed by atoms with van der Waals surface area (Å²) in [5.74, 6) is 1.67. The summed E-state index contributed by atoms with van der Waals surface area (Å²) in [6, 6.07) is 13.7. The van der Waals surface area contributed by atoms with Crippen LogP contribution in [0.15, 0.2) is 61.3 Å². The Balaban J connectivity index is 1.27. The monoisotopic (exact) mass is 440 g/mol. The van der Waals surface area contributed by atoms with Gasteiger partial charge in [0.2, 0.25) is 0 Å². The Kier molecular flexibility index (Phi) is 4.71. The first-order chi connectivity index (χ1) is 16.2. The van der Waals surface area contributed by atoms with Gasteiger partial charge in [0.25, 0.3) is 5.91 Å². The molecule has 0 spiro atoms. The van der Waals surface area contributed by atoms with E-state index < -0.39 is 0 Å². The highest BCUT2D eigenvalue weighted by atomic mass is 16.5. The van der Waals surface area contributed by atoms with Crippen molar-refractivity contribution < 1.29 is 9.53 Å². The van der Waals surface area contributed by atoms with Crippen molar-refractivity contribution in [3.63, 3.8) is 0 Å². The van der Waals surface area contributed by atoms with Crippen molar-refractivity contribution in [3.05, 3.63) is 72.6 Å². The summed E-state index contributed by atoms with van der Waals surface area (Å²) in [5, 5.41) is 11.4. The van der Waals surface area contributed by atoms with E-state index in [4.69, 9.17) is 4.74 Å². The summed E-state index contributed by atoms with van der Waals surface area (Å²) >= 11 is 0. The van der Waals surface area contributed by atoms with E-state index in [0.29, 0.717) is 29.0 Å². The summed E-state index contributed by atoms with van der Waals surface area (Å²) in [6.45, 7) is 0. The first-order valence-corrected chi connectivity index (χ1v) is 11.2. The van der Waals surface area contributed by atoms with Gasteiger partial charge in [0.15, 0.2) is 5.82 Å². The molecule has 166 valence electrons. The fraction of sp³-hybridized carbons (Fsp3) is 0.280. The molecule has 2 heterocycles. The molecule has 0 radical (unpaired) electrons. The SMILES string of the molecule is COc1ccc(-n2cnc(C3CC3)c2)cc1C(=O)Nc1cccc(-c2nncn2C2CC2)c1. The first-order valence-electron chi connectivity index (χ1n) is 11.2. The minimum absolute atomic E-state index is 0.239. The van der Waals surface area contributed by atoms with Gasteiger partial charge in [0, 0.05) is 35.1 Å². The van der Waals surface area contributed by atoms with Crippen LogP contribution >= 0.6 is 0 Å². The van der Waals surface area contributed by atoms with Gasteiger partial charge < -0.3 is 19.2 Å². The van der Waals surface area contributed by atoms with Gasteiger partial charge in [0.1, 0.15) is 12.1 Å². The highest BCUT2D eigenvalue weighted by Gasteiger charge is 2.27. The molecule has 0 bridgehead atoms. The minimum atomic E-state index is -0.239. The summed E-state index contributed by atoms with van der Waals surface area (Å²) in [7, 11) is 1.57. The molecule has 2 aromatic carbocycles. The number of nitrogens with one attached hydrogen (secondary N) is 1. The Morgan fingerprint density at radius 2 is 1.97 bits per heavy atom. The van der Waals surface area contributed by atoms with Crippen LogP contribution in [0.3, 0.4) is 0 Å². The number of rotatable bonds is 7. The molecule has 2 aromatic heterocycles. The Morgan fingerprint density at radius 1 is 1.09 bits per heavy atom. The molecule has 0 atom stereocenters. The number of imidazole rings is 1. The third kappa shape index (κ3) is 3.88. The number of hydrogen-bond acceptors (Lipinski definition) is 5. The second-order valence-corrected chi connectivity index (χ2v) is 8.69. The molecule has 2 aliphatic rings. The van der Waals surface area contributed by atoms with E-state index in [2.05, 4.69) is 25.1 Å². The van der Waals surface area contributed by atoms with Crippen molar-refractivity contribution in [2.45, 2.75) is 37.6 Å². The van der Waals surface area contributed by atoms with Crippen molar-refractivity contribution >= 4 is 11.6 Å². The molecular formula is C25H24N6O2. The number of carbonyl (C=O) groups excluding carboxylic acids is 1. The predicted molar refractivity (Wildman–Crippen MR) is 124 cm³/mol. The van der Waals surface area contributed by atoms with Gasteiger partial charge in [-0.05, 0) is 56.0 Å². The van der Waals surface area contributed by atoms with Crippen LogP contribution in [0, 0.1) is 0 Å². The Morgan fingerprint density at radius 3 is 2.76 bits per heavy atom. The quantitative estimate of drug-likeness (QED) is 0.454. The maximum Gasteiger partial charge on any atom is 0.259 e. The van der Waals surface area contributed by atoms with Gasteiger partial charge in [-0.2, -0.15) is 0 Å². The Bertz CT molecular complexity index is 1330. The summed E-state index contributed by atoms with van der Waals surface area (Å²) in [6.07, 6.45) is 10.3. The number of methoxy groups -OCH3 is 1. The van der Waals surface area contributed by atoms with Crippen molar-refractivity contribution in [3.8, 4) is 22.8 Å². The third-order valence-corrected chi connectivity index (χ3v) is 6.22. The predicted octanol–water partition coefficient (Wildman–Crippen LogP) is 4.60. The first kappa shape index (κ1) is 19.7. The van der Waals surface area contributed by atoms with Crippen molar-refractivity contribution in [2.75, 3.05) is 12.4 Å². The lowest BCUT2D eigenvalue weighted by Crippen LogP contribution is -2.14. The fourth-order valence-electron chi connectivity index (χ4n) is 4.11. The zero-order valence-corrected chi connectivity index (χ0v) is 18.3. The van der Waals surface area contributed by atoms with Crippen LogP contribution in [0.2, 0.25) is 0 Å². The molecule has 2 saturated carbocycles. The van der Waals surface area contributed by atoms with E-state index >= 15 is 0 Å². The average Bonchev–Trinajstić information content (AvgIpc) is 3.78. The van der Waals surface area contributed by atoms with Gasteiger partial charge >= 0.3 is 0 Å². The number of nitrogens with zero attached hydrogens (tertiary/aromatic N) is 5. The molecule has 8 nitrogen and oxygen atoms in total. The molecule has 6 rings (SSSR count). The van der Waals surface area contributed by atoms with Gasteiger partial charge in [0.05, 0.1) is 24.7 Å². The highest BCUT2D eigenvalue weighted by Crippen LogP contribution is 2.39. The van der Waals surface area contributed by atoms with E-state index in [-0.39, 0.29) is 5.91 Å². The van der Waals surface area contributed by atoms with E-state index in [1.54, 1.807) is 19.8 Å². The third-order valence-electron chi connectivity index (χ3n) is 6.22. The molecule has 0 saturated heterocycles. The number of anilines is 1. The van der Waals surface area contributed by atoms with Gasteiger partial charge in [-0.3, -0.25) is 4.79 Å². The second-order valence-electron chi connectivity index (χ2n) is 8.69. The van der Waals surface area contributed by atoms with Gasteiger partial charge in [-0.15, -0.1) is 10.2 Å². The molecule has 0 aliphatic heterocycles. The number of hydrogen-bond donors (Lipinski definition) is 1. The van der Waals surface area contributed by atoms with Crippen LogP contribution in [0.5, 0.6) is 5.75 Å². The maximum absolute atomic E-state index is 13.2. The normalized spacial score (nSPS) is 15.4. The Hall–Kier alpha value is -3.94. The number of benzene rings is 2. The standard InChI is InChI=1S/C25H24N6O2/c1-33-23-10-9-20(30-13-22(26-14-30)16-5-6-16)12-21(23)25(32)28-18-4-2-3-17(11-18)24-29-27-15-31(24)19-7-8-19/h2-4,9-16,19H,5-8H2,1H3,(H,28,32). The van der Waals surface area contributed by atoms with Crippen LogP contribution < -0.4 is 10.1 Å². The molecule has 1 N–H and O–H groups in total. The number of amides is 1. The van der Waals surface area contributed by atoms with Gasteiger partial charge in [-0.25, -0.2) is 4.98 Å². The zero-order valence-electron chi connectivity index (χ0n) is 18.3.